The van der Waals surface area contributed by atoms with Crippen molar-refractivity contribution in [1.82, 2.24) is 10.2 Å². The van der Waals surface area contributed by atoms with Gasteiger partial charge in [0.05, 0.1) is 5.54 Å². The Hall–Kier alpha value is -0.470. The van der Waals surface area contributed by atoms with Gasteiger partial charge in [-0.25, -0.2) is 0 Å². The quantitative estimate of drug-likeness (QED) is 0.698. The molecule has 0 aromatic rings. The molecule has 88 valence electrons. The van der Waals surface area contributed by atoms with Crippen molar-refractivity contribution in [2.24, 2.45) is 5.92 Å². The average Bonchev–Trinajstić information content (AvgIpc) is 2.54. The van der Waals surface area contributed by atoms with E-state index in [1.54, 1.807) is 0 Å². The van der Waals surface area contributed by atoms with Crippen LogP contribution < -0.4 is 5.32 Å². The molecule has 1 N–H and O–H groups in total. The van der Waals surface area contributed by atoms with Crippen LogP contribution in [0.15, 0.2) is 22.9 Å². The smallest absolute Gasteiger partial charge is 0.0537 e. The van der Waals surface area contributed by atoms with Crippen molar-refractivity contribution in [3.63, 3.8) is 0 Å². The maximum absolute atomic E-state index is 6.39. The molecule has 3 atom stereocenters. The van der Waals surface area contributed by atoms with Gasteiger partial charge in [0.1, 0.15) is 0 Å². The molecule has 1 aliphatic carbocycles. The van der Waals surface area contributed by atoms with Crippen molar-refractivity contribution >= 4 is 11.6 Å². The maximum atomic E-state index is 6.39. The van der Waals surface area contributed by atoms with Crippen LogP contribution in [0.25, 0.3) is 0 Å². The third-order valence-electron chi connectivity index (χ3n) is 4.79. The van der Waals surface area contributed by atoms with Crippen LogP contribution in [-0.2, 0) is 0 Å². The van der Waals surface area contributed by atoms with Gasteiger partial charge in [-0.3, -0.25) is 4.90 Å². The van der Waals surface area contributed by atoms with E-state index in [1.807, 2.05) is 0 Å². The highest BCUT2D eigenvalue weighted by Gasteiger charge is 2.54. The van der Waals surface area contributed by atoms with Crippen molar-refractivity contribution in [3.05, 3.63) is 22.9 Å². The first-order chi connectivity index (χ1) is 7.66. The molecule has 1 fully saturated rings. The standard InChI is InChI=1S/C13H19ClN2/c1-9-7-10-3-4-12(14)11-8-15-6-5-13(10,11)16(9)2/h4,8-10,15H,3,5-7H2,1-2H3. The van der Waals surface area contributed by atoms with Gasteiger partial charge in [0.25, 0.3) is 0 Å². The topological polar surface area (TPSA) is 15.3 Å². The van der Waals surface area contributed by atoms with E-state index in [1.165, 1.54) is 18.4 Å². The van der Waals surface area contributed by atoms with E-state index in [0.717, 1.165) is 23.9 Å². The van der Waals surface area contributed by atoms with E-state index < -0.39 is 0 Å². The second kappa shape index (κ2) is 3.51. The Labute approximate surface area is 102 Å². The molecule has 2 nitrogen and oxygen atoms in total. The first-order valence-electron chi connectivity index (χ1n) is 6.19. The molecule has 1 saturated heterocycles. The summed E-state index contributed by atoms with van der Waals surface area (Å²) in [5.41, 5.74) is 1.54. The van der Waals surface area contributed by atoms with Crippen LogP contribution in [0.4, 0.5) is 0 Å². The molecule has 1 spiro atoms. The Morgan fingerprint density at radius 1 is 1.56 bits per heavy atom. The van der Waals surface area contributed by atoms with Gasteiger partial charge in [-0.1, -0.05) is 17.7 Å². The van der Waals surface area contributed by atoms with Crippen molar-refractivity contribution in [3.8, 4) is 0 Å². The minimum absolute atomic E-state index is 0.219. The van der Waals surface area contributed by atoms with Crippen LogP contribution >= 0.6 is 11.6 Å². The highest BCUT2D eigenvalue weighted by molar-refractivity contribution is 6.32. The van der Waals surface area contributed by atoms with Gasteiger partial charge in [-0.2, -0.15) is 0 Å². The molecule has 3 rings (SSSR count). The van der Waals surface area contributed by atoms with Gasteiger partial charge in [0.2, 0.25) is 0 Å². The van der Waals surface area contributed by atoms with E-state index in [9.17, 15) is 0 Å². The summed E-state index contributed by atoms with van der Waals surface area (Å²) in [5.74, 6) is 0.753. The molecular weight excluding hydrogens is 220 g/mol. The highest BCUT2D eigenvalue weighted by Crippen LogP contribution is 2.53. The van der Waals surface area contributed by atoms with Crippen LogP contribution in [0, 0.1) is 5.92 Å². The number of nitrogens with one attached hydrogen (secondary N) is 1. The van der Waals surface area contributed by atoms with Crippen LogP contribution in [0.1, 0.15) is 26.2 Å². The van der Waals surface area contributed by atoms with Crippen LogP contribution in [0.2, 0.25) is 0 Å². The molecule has 0 amide bonds. The third kappa shape index (κ3) is 1.17. The molecule has 2 aliphatic heterocycles. The van der Waals surface area contributed by atoms with E-state index in [2.05, 4.69) is 36.5 Å². The summed E-state index contributed by atoms with van der Waals surface area (Å²) in [6, 6.07) is 0.669. The number of hydrogen-bond acceptors (Lipinski definition) is 2. The fraction of sp³-hybridized carbons (Fsp3) is 0.692. The van der Waals surface area contributed by atoms with Crippen LogP contribution in [0.3, 0.4) is 0 Å². The van der Waals surface area contributed by atoms with Gasteiger partial charge < -0.3 is 5.32 Å². The second-order valence-corrected chi connectivity index (χ2v) is 5.77. The third-order valence-corrected chi connectivity index (χ3v) is 5.15. The Balaban J connectivity index is 2.12. The van der Waals surface area contributed by atoms with Crippen LogP contribution in [-0.4, -0.2) is 30.1 Å². The lowest BCUT2D eigenvalue weighted by Crippen LogP contribution is -2.54. The Morgan fingerprint density at radius 3 is 3.19 bits per heavy atom. The summed E-state index contributed by atoms with van der Waals surface area (Å²) >= 11 is 6.39. The molecule has 0 saturated carbocycles. The number of nitrogens with zero attached hydrogens (tertiary/aromatic N) is 1. The molecule has 3 heteroatoms. The van der Waals surface area contributed by atoms with E-state index >= 15 is 0 Å². The Bertz CT molecular complexity index is 374. The Morgan fingerprint density at radius 2 is 2.38 bits per heavy atom. The second-order valence-electron chi connectivity index (χ2n) is 5.37. The molecule has 3 aliphatic rings. The van der Waals surface area contributed by atoms with Crippen LogP contribution in [0.5, 0.6) is 0 Å². The van der Waals surface area contributed by atoms with Gasteiger partial charge in [-0.05, 0) is 39.2 Å². The molecule has 0 radical (unpaired) electrons. The minimum atomic E-state index is 0.219. The fourth-order valence-electron chi connectivity index (χ4n) is 3.86. The molecule has 16 heavy (non-hydrogen) atoms. The maximum Gasteiger partial charge on any atom is 0.0537 e. The Kier molecular flexibility index (Phi) is 2.34. The van der Waals surface area contributed by atoms with E-state index in [4.69, 9.17) is 11.6 Å². The summed E-state index contributed by atoms with van der Waals surface area (Å²) in [5, 5.41) is 4.31. The summed E-state index contributed by atoms with van der Waals surface area (Å²) in [4.78, 5) is 2.56. The molecule has 0 aromatic heterocycles. The number of halogens is 1. The normalized spacial score (nSPS) is 42.9. The van der Waals surface area contributed by atoms with E-state index in [0.29, 0.717) is 6.04 Å². The molecule has 2 heterocycles. The lowest BCUT2D eigenvalue weighted by atomic mass is 9.70. The molecule has 0 bridgehead atoms. The van der Waals surface area contributed by atoms with Gasteiger partial charge >= 0.3 is 0 Å². The number of hydrogen-bond donors (Lipinski definition) is 1. The number of allylic oxidation sites excluding steroid dienone is 1. The number of likely N-dealkylation sites (tertiary alicyclic amines) is 1. The molecule has 0 aromatic carbocycles. The SMILES string of the molecule is CC1CC2CC=C(Cl)C3=CNCCC32N1C. The largest absolute Gasteiger partial charge is 0.390 e. The zero-order valence-corrected chi connectivity index (χ0v) is 10.7. The monoisotopic (exact) mass is 238 g/mol. The summed E-state index contributed by atoms with van der Waals surface area (Å²) in [7, 11) is 2.26. The predicted octanol–water partition coefficient (Wildman–Crippen LogP) is 2.47. The summed E-state index contributed by atoms with van der Waals surface area (Å²) < 4.78 is 0. The van der Waals surface area contributed by atoms with Crippen molar-refractivity contribution < 1.29 is 0 Å². The zero-order valence-electron chi connectivity index (χ0n) is 9.96. The highest BCUT2D eigenvalue weighted by atomic mass is 35.5. The summed E-state index contributed by atoms with van der Waals surface area (Å²) in [6.07, 6.45) is 7.98. The molecule has 3 unspecified atom stereocenters. The number of rotatable bonds is 0. The molecular formula is C13H19ClN2. The first kappa shape index (κ1) is 10.7. The lowest BCUT2D eigenvalue weighted by molar-refractivity contribution is 0.128. The minimum Gasteiger partial charge on any atom is -0.390 e. The van der Waals surface area contributed by atoms with Crippen molar-refractivity contribution in [1.29, 1.82) is 0 Å². The fourth-order valence-corrected chi connectivity index (χ4v) is 4.16. The van der Waals surface area contributed by atoms with E-state index in [-0.39, 0.29) is 5.54 Å². The van der Waals surface area contributed by atoms with Gasteiger partial charge in [-0.15, -0.1) is 0 Å². The van der Waals surface area contributed by atoms with Crippen molar-refractivity contribution in [2.75, 3.05) is 13.6 Å². The predicted molar refractivity (Wildman–Crippen MR) is 67.3 cm³/mol. The first-order valence-corrected chi connectivity index (χ1v) is 6.57. The van der Waals surface area contributed by atoms with Crippen molar-refractivity contribution in [2.45, 2.75) is 37.8 Å². The zero-order chi connectivity index (χ0) is 11.3. The average molecular weight is 239 g/mol. The summed E-state index contributed by atoms with van der Waals surface area (Å²) in [6.45, 7) is 3.40. The number of likely N-dealkylation sites (N-methyl/N-ethyl adjacent to an activating group) is 1. The van der Waals surface area contributed by atoms with Gasteiger partial charge in [0.15, 0.2) is 0 Å². The van der Waals surface area contributed by atoms with Gasteiger partial charge in [0, 0.05) is 29.4 Å². The lowest BCUT2D eigenvalue weighted by Gasteiger charge is -2.47.